The summed E-state index contributed by atoms with van der Waals surface area (Å²) in [5.41, 5.74) is 0.239. The molecule has 8 heteroatoms. The van der Waals surface area contributed by atoms with Gasteiger partial charge in [-0.05, 0) is 12.1 Å². The molecule has 2 rings (SSSR count). The Balaban J connectivity index is 1.98. The zero-order chi connectivity index (χ0) is 14.6. The van der Waals surface area contributed by atoms with Crippen LogP contribution in [0.25, 0.3) is 0 Å². The minimum atomic E-state index is -4.76. The third-order valence-corrected chi connectivity index (χ3v) is 2.62. The summed E-state index contributed by atoms with van der Waals surface area (Å²) < 4.78 is 45.2. The Morgan fingerprint density at radius 3 is 2.65 bits per heavy atom. The van der Waals surface area contributed by atoms with Gasteiger partial charge in [0.1, 0.15) is 5.75 Å². The van der Waals surface area contributed by atoms with Gasteiger partial charge < -0.3 is 19.7 Å². The van der Waals surface area contributed by atoms with Crippen molar-refractivity contribution in [2.75, 3.05) is 31.6 Å². The number of amides is 2. The second-order valence-corrected chi connectivity index (χ2v) is 4.11. The minimum absolute atomic E-state index is 0.239. The molecule has 1 N–H and O–H groups in total. The van der Waals surface area contributed by atoms with E-state index in [4.69, 9.17) is 4.74 Å². The van der Waals surface area contributed by atoms with Crippen molar-refractivity contribution in [3.8, 4) is 5.75 Å². The summed E-state index contributed by atoms with van der Waals surface area (Å²) in [5.74, 6) is -0.378. The molecule has 20 heavy (non-hydrogen) atoms. The van der Waals surface area contributed by atoms with Crippen molar-refractivity contribution in [3.63, 3.8) is 0 Å². The van der Waals surface area contributed by atoms with Crippen LogP contribution in [0, 0.1) is 0 Å². The Kier molecular flexibility index (Phi) is 4.33. The number of carbonyl (C=O) groups is 1. The largest absolute Gasteiger partial charge is 0.573 e. The fourth-order valence-electron chi connectivity index (χ4n) is 1.74. The van der Waals surface area contributed by atoms with Crippen LogP contribution in [0.15, 0.2) is 24.3 Å². The molecule has 1 saturated heterocycles. The number of anilines is 1. The number of nitrogens with one attached hydrogen (secondary N) is 1. The molecular formula is C12H13F3N2O3. The van der Waals surface area contributed by atoms with E-state index in [2.05, 4.69) is 10.1 Å². The summed E-state index contributed by atoms with van der Waals surface area (Å²) in [6.07, 6.45) is -4.76. The van der Waals surface area contributed by atoms with E-state index in [0.29, 0.717) is 26.3 Å². The van der Waals surface area contributed by atoms with Crippen molar-refractivity contribution in [1.29, 1.82) is 0 Å². The van der Waals surface area contributed by atoms with Crippen LogP contribution in [0.4, 0.5) is 23.7 Å². The average Bonchev–Trinajstić information content (AvgIpc) is 2.38. The number of urea groups is 1. The minimum Gasteiger partial charge on any atom is -0.406 e. The highest BCUT2D eigenvalue weighted by atomic mass is 19.4. The molecular weight excluding hydrogens is 277 g/mol. The first kappa shape index (κ1) is 14.4. The standard InChI is InChI=1S/C12H13F3N2O3/c13-12(14,15)20-10-3-1-2-9(8-10)16-11(18)17-4-6-19-7-5-17/h1-3,8H,4-7H2,(H,16,18). The molecule has 1 fully saturated rings. The fourth-order valence-corrected chi connectivity index (χ4v) is 1.74. The van der Waals surface area contributed by atoms with Gasteiger partial charge in [0.15, 0.2) is 0 Å². The molecule has 0 bridgehead atoms. The van der Waals surface area contributed by atoms with Crippen molar-refractivity contribution < 1.29 is 27.4 Å². The van der Waals surface area contributed by atoms with Crippen LogP contribution in [-0.2, 0) is 4.74 Å². The second-order valence-electron chi connectivity index (χ2n) is 4.11. The lowest BCUT2D eigenvalue weighted by atomic mass is 10.3. The SMILES string of the molecule is O=C(Nc1cccc(OC(F)(F)F)c1)N1CCOCC1. The van der Waals surface area contributed by atoms with Gasteiger partial charge in [0, 0.05) is 24.8 Å². The van der Waals surface area contributed by atoms with E-state index in [-0.39, 0.29) is 17.5 Å². The molecule has 5 nitrogen and oxygen atoms in total. The highest BCUT2D eigenvalue weighted by Gasteiger charge is 2.31. The number of hydrogen-bond donors (Lipinski definition) is 1. The van der Waals surface area contributed by atoms with E-state index in [1.54, 1.807) is 0 Å². The van der Waals surface area contributed by atoms with E-state index in [9.17, 15) is 18.0 Å². The lowest BCUT2D eigenvalue weighted by Crippen LogP contribution is -2.43. The topological polar surface area (TPSA) is 50.8 Å². The lowest BCUT2D eigenvalue weighted by molar-refractivity contribution is -0.274. The highest BCUT2D eigenvalue weighted by molar-refractivity contribution is 5.89. The van der Waals surface area contributed by atoms with Gasteiger partial charge in [-0.15, -0.1) is 13.2 Å². The van der Waals surface area contributed by atoms with Gasteiger partial charge in [0.25, 0.3) is 0 Å². The molecule has 1 heterocycles. The lowest BCUT2D eigenvalue weighted by Gasteiger charge is -2.27. The molecule has 0 aromatic heterocycles. The maximum atomic E-state index is 12.1. The van der Waals surface area contributed by atoms with Crippen molar-refractivity contribution >= 4 is 11.7 Å². The Bertz CT molecular complexity index is 473. The molecule has 0 unspecified atom stereocenters. The van der Waals surface area contributed by atoms with Gasteiger partial charge in [-0.3, -0.25) is 0 Å². The number of hydrogen-bond acceptors (Lipinski definition) is 3. The summed E-state index contributed by atoms with van der Waals surface area (Å²) in [5, 5.41) is 2.52. The van der Waals surface area contributed by atoms with E-state index >= 15 is 0 Å². The van der Waals surface area contributed by atoms with Crippen LogP contribution in [0.5, 0.6) is 5.75 Å². The predicted octanol–water partition coefficient (Wildman–Crippen LogP) is 2.45. The number of carbonyl (C=O) groups excluding carboxylic acids is 1. The molecule has 0 radical (unpaired) electrons. The number of alkyl halides is 3. The molecule has 1 aromatic rings. The van der Waals surface area contributed by atoms with Gasteiger partial charge in [0.2, 0.25) is 0 Å². The van der Waals surface area contributed by atoms with Crippen LogP contribution >= 0.6 is 0 Å². The van der Waals surface area contributed by atoms with Crippen LogP contribution in [0.2, 0.25) is 0 Å². The van der Waals surface area contributed by atoms with Gasteiger partial charge in [0.05, 0.1) is 13.2 Å². The summed E-state index contributed by atoms with van der Waals surface area (Å²) >= 11 is 0. The Morgan fingerprint density at radius 2 is 2.00 bits per heavy atom. The monoisotopic (exact) mass is 290 g/mol. The molecule has 0 aliphatic carbocycles. The predicted molar refractivity (Wildman–Crippen MR) is 64.5 cm³/mol. The maximum Gasteiger partial charge on any atom is 0.573 e. The Morgan fingerprint density at radius 1 is 1.30 bits per heavy atom. The second kappa shape index (κ2) is 6.00. The fraction of sp³-hybridized carbons (Fsp3) is 0.417. The zero-order valence-corrected chi connectivity index (χ0v) is 10.4. The number of benzene rings is 1. The third-order valence-electron chi connectivity index (χ3n) is 2.62. The molecule has 1 aliphatic rings. The third kappa shape index (κ3) is 4.30. The smallest absolute Gasteiger partial charge is 0.406 e. The quantitative estimate of drug-likeness (QED) is 0.910. The van der Waals surface area contributed by atoms with Crippen molar-refractivity contribution in [2.24, 2.45) is 0 Å². The number of halogens is 3. The Hall–Kier alpha value is -1.96. The van der Waals surface area contributed by atoms with E-state index in [1.807, 2.05) is 0 Å². The first-order valence-electron chi connectivity index (χ1n) is 5.93. The van der Waals surface area contributed by atoms with E-state index in [1.165, 1.54) is 17.0 Å². The van der Waals surface area contributed by atoms with E-state index in [0.717, 1.165) is 12.1 Å². The molecule has 0 spiro atoms. The molecule has 110 valence electrons. The maximum absolute atomic E-state index is 12.1. The summed E-state index contributed by atoms with van der Waals surface area (Å²) in [4.78, 5) is 13.4. The first-order valence-corrected chi connectivity index (χ1v) is 5.93. The van der Waals surface area contributed by atoms with Crippen LogP contribution in [0.1, 0.15) is 0 Å². The molecule has 2 amide bonds. The molecule has 0 atom stereocenters. The zero-order valence-electron chi connectivity index (χ0n) is 10.4. The molecule has 1 aromatic carbocycles. The number of ether oxygens (including phenoxy) is 2. The van der Waals surface area contributed by atoms with Crippen LogP contribution in [-0.4, -0.2) is 43.6 Å². The van der Waals surface area contributed by atoms with Gasteiger partial charge in [-0.2, -0.15) is 0 Å². The van der Waals surface area contributed by atoms with Gasteiger partial charge in [-0.1, -0.05) is 6.07 Å². The van der Waals surface area contributed by atoms with Crippen molar-refractivity contribution in [2.45, 2.75) is 6.36 Å². The summed E-state index contributed by atoms with van der Waals surface area (Å²) in [6, 6.07) is 4.76. The molecule has 0 saturated carbocycles. The number of nitrogens with zero attached hydrogens (tertiary/aromatic N) is 1. The number of morpholine rings is 1. The molecule has 1 aliphatic heterocycles. The van der Waals surface area contributed by atoms with Gasteiger partial charge in [-0.25, -0.2) is 4.79 Å². The van der Waals surface area contributed by atoms with Crippen molar-refractivity contribution in [1.82, 2.24) is 4.90 Å². The van der Waals surface area contributed by atoms with Gasteiger partial charge >= 0.3 is 12.4 Å². The summed E-state index contributed by atoms with van der Waals surface area (Å²) in [7, 11) is 0. The van der Waals surface area contributed by atoms with Crippen LogP contribution < -0.4 is 10.1 Å². The average molecular weight is 290 g/mol. The Labute approximate surface area is 113 Å². The van der Waals surface area contributed by atoms with Crippen molar-refractivity contribution in [3.05, 3.63) is 24.3 Å². The van der Waals surface area contributed by atoms with E-state index < -0.39 is 6.36 Å². The van der Waals surface area contributed by atoms with Crippen LogP contribution in [0.3, 0.4) is 0 Å². The summed E-state index contributed by atoms with van der Waals surface area (Å²) in [6.45, 7) is 1.80. The highest BCUT2D eigenvalue weighted by Crippen LogP contribution is 2.25. The normalized spacial score (nSPS) is 15.8. The first-order chi connectivity index (χ1) is 9.44. The number of rotatable bonds is 2.